The van der Waals surface area contributed by atoms with Gasteiger partial charge in [0.25, 0.3) is 0 Å². The normalized spacial score (nSPS) is 9.75. The second kappa shape index (κ2) is 10.8. The first-order chi connectivity index (χ1) is 9.13. The van der Waals surface area contributed by atoms with E-state index < -0.39 is 0 Å². The number of ether oxygens (including phenoxy) is 1. The summed E-state index contributed by atoms with van der Waals surface area (Å²) in [5.41, 5.74) is 0. The Kier molecular flexibility index (Phi) is 10.3. The SMILES string of the molecule is CNCCCC(=O)N(C)CCOc1ccc(Cl)cc1.Cl. The van der Waals surface area contributed by atoms with Gasteiger partial charge in [0.05, 0.1) is 6.54 Å². The van der Waals surface area contributed by atoms with Crippen LogP contribution in [0.5, 0.6) is 5.75 Å². The van der Waals surface area contributed by atoms with Crippen molar-refractivity contribution in [1.82, 2.24) is 10.2 Å². The van der Waals surface area contributed by atoms with Gasteiger partial charge in [-0.05, 0) is 44.3 Å². The average molecular weight is 321 g/mol. The van der Waals surface area contributed by atoms with Crippen LogP contribution >= 0.6 is 24.0 Å². The molecule has 1 aromatic rings. The maximum atomic E-state index is 11.7. The maximum Gasteiger partial charge on any atom is 0.222 e. The van der Waals surface area contributed by atoms with E-state index in [0.717, 1.165) is 18.7 Å². The third kappa shape index (κ3) is 7.58. The molecule has 114 valence electrons. The van der Waals surface area contributed by atoms with Gasteiger partial charge < -0.3 is 15.0 Å². The van der Waals surface area contributed by atoms with Crippen LogP contribution in [0.15, 0.2) is 24.3 Å². The van der Waals surface area contributed by atoms with Gasteiger partial charge in [0, 0.05) is 18.5 Å². The lowest BCUT2D eigenvalue weighted by Gasteiger charge is -2.17. The van der Waals surface area contributed by atoms with Crippen molar-refractivity contribution in [2.24, 2.45) is 0 Å². The lowest BCUT2D eigenvalue weighted by Crippen LogP contribution is -2.31. The highest BCUT2D eigenvalue weighted by Gasteiger charge is 2.07. The molecule has 0 radical (unpaired) electrons. The van der Waals surface area contributed by atoms with Crippen LogP contribution in [0.3, 0.4) is 0 Å². The number of rotatable bonds is 8. The summed E-state index contributed by atoms with van der Waals surface area (Å²) in [6.07, 6.45) is 1.43. The topological polar surface area (TPSA) is 41.6 Å². The van der Waals surface area contributed by atoms with E-state index in [1.165, 1.54) is 0 Å². The lowest BCUT2D eigenvalue weighted by molar-refractivity contribution is -0.130. The number of hydrogen-bond acceptors (Lipinski definition) is 3. The Morgan fingerprint density at radius 1 is 1.35 bits per heavy atom. The number of carbonyl (C=O) groups is 1. The first-order valence-corrected chi connectivity index (χ1v) is 6.78. The molecule has 6 heteroatoms. The van der Waals surface area contributed by atoms with Gasteiger partial charge in [0.15, 0.2) is 0 Å². The smallest absolute Gasteiger partial charge is 0.222 e. The van der Waals surface area contributed by atoms with Crippen molar-refractivity contribution in [2.75, 3.05) is 33.8 Å². The molecular formula is C14H22Cl2N2O2. The minimum Gasteiger partial charge on any atom is -0.492 e. The van der Waals surface area contributed by atoms with Crippen molar-refractivity contribution in [3.8, 4) is 5.75 Å². The number of nitrogens with one attached hydrogen (secondary N) is 1. The molecule has 0 bridgehead atoms. The highest BCUT2D eigenvalue weighted by Crippen LogP contribution is 2.15. The first-order valence-electron chi connectivity index (χ1n) is 6.40. The van der Waals surface area contributed by atoms with Crippen LogP contribution in [0.2, 0.25) is 5.02 Å². The summed E-state index contributed by atoms with van der Waals surface area (Å²) in [4.78, 5) is 13.4. The minimum absolute atomic E-state index is 0. The molecule has 0 aliphatic rings. The highest BCUT2D eigenvalue weighted by molar-refractivity contribution is 6.30. The van der Waals surface area contributed by atoms with E-state index in [2.05, 4.69) is 5.32 Å². The number of benzene rings is 1. The quantitative estimate of drug-likeness (QED) is 0.748. The van der Waals surface area contributed by atoms with E-state index in [1.807, 2.05) is 19.2 Å². The van der Waals surface area contributed by atoms with Gasteiger partial charge in [-0.25, -0.2) is 0 Å². The Labute approximate surface area is 131 Å². The van der Waals surface area contributed by atoms with Crippen molar-refractivity contribution >= 4 is 29.9 Å². The van der Waals surface area contributed by atoms with Gasteiger partial charge in [-0.15, -0.1) is 12.4 Å². The molecular weight excluding hydrogens is 299 g/mol. The standard InChI is InChI=1S/C14H21ClN2O2.ClH/c1-16-9-3-4-14(18)17(2)10-11-19-13-7-5-12(15)6-8-13;/h5-8,16H,3-4,9-11H2,1-2H3;1H. The van der Waals surface area contributed by atoms with Crippen molar-refractivity contribution in [2.45, 2.75) is 12.8 Å². The van der Waals surface area contributed by atoms with Gasteiger partial charge in [0.2, 0.25) is 5.91 Å². The molecule has 4 nitrogen and oxygen atoms in total. The van der Waals surface area contributed by atoms with E-state index in [4.69, 9.17) is 16.3 Å². The summed E-state index contributed by atoms with van der Waals surface area (Å²) in [6.45, 7) is 1.93. The van der Waals surface area contributed by atoms with Crippen LogP contribution in [0.1, 0.15) is 12.8 Å². The predicted octanol–water partition coefficient (Wildman–Crippen LogP) is 2.60. The summed E-state index contributed by atoms with van der Waals surface area (Å²) in [6, 6.07) is 7.20. The molecule has 0 unspecified atom stereocenters. The first kappa shape index (κ1) is 19.0. The number of amides is 1. The molecule has 0 saturated carbocycles. The molecule has 0 fully saturated rings. The van der Waals surface area contributed by atoms with Crippen LogP contribution < -0.4 is 10.1 Å². The lowest BCUT2D eigenvalue weighted by atomic mass is 10.3. The number of carbonyl (C=O) groups excluding carboxylic acids is 1. The van der Waals surface area contributed by atoms with Gasteiger partial charge in [-0.3, -0.25) is 4.79 Å². The molecule has 0 spiro atoms. The fraction of sp³-hybridized carbons (Fsp3) is 0.500. The largest absolute Gasteiger partial charge is 0.492 e. The molecule has 20 heavy (non-hydrogen) atoms. The Morgan fingerprint density at radius 3 is 2.60 bits per heavy atom. The molecule has 1 rings (SSSR count). The zero-order valence-electron chi connectivity index (χ0n) is 11.9. The van der Waals surface area contributed by atoms with Gasteiger partial charge in [-0.2, -0.15) is 0 Å². The highest BCUT2D eigenvalue weighted by atomic mass is 35.5. The fourth-order valence-electron chi connectivity index (χ4n) is 1.56. The number of likely N-dealkylation sites (N-methyl/N-ethyl adjacent to an activating group) is 1. The molecule has 0 aromatic heterocycles. The Hall–Kier alpha value is -0.970. The van der Waals surface area contributed by atoms with E-state index in [0.29, 0.717) is 24.6 Å². The molecule has 1 amide bonds. The number of hydrogen-bond donors (Lipinski definition) is 1. The maximum absolute atomic E-state index is 11.7. The Bertz CT molecular complexity index is 385. The molecule has 0 aliphatic carbocycles. The van der Waals surface area contributed by atoms with Crippen molar-refractivity contribution in [1.29, 1.82) is 0 Å². The molecule has 1 aromatic carbocycles. The van der Waals surface area contributed by atoms with Crippen molar-refractivity contribution in [3.63, 3.8) is 0 Å². The minimum atomic E-state index is 0. The van der Waals surface area contributed by atoms with Crippen LogP contribution in [-0.2, 0) is 4.79 Å². The summed E-state index contributed by atoms with van der Waals surface area (Å²) < 4.78 is 5.54. The van der Waals surface area contributed by atoms with Crippen LogP contribution in [0.25, 0.3) is 0 Å². The molecule has 0 aliphatic heterocycles. The number of halogens is 2. The molecule has 0 saturated heterocycles. The third-order valence-electron chi connectivity index (χ3n) is 2.75. The summed E-state index contributed by atoms with van der Waals surface area (Å²) in [7, 11) is 3.68. The van der Waals surface area contributed by atoms with Crippen molar-refractivity contribution < 1.29 is 9.53 Å². The van der Waals surface area contributed by atoms with Gasteiger partial charge >= 0.3 is 0 Å². The summed E-state index contributed by atoms with van der Waals surface area (Å²) in [5, 5.41) is 3.71. The zero-order valence-corrected chi connectivity index (χ0v) is 13.5. The van der Waals surface area contributed by atoms with Gasteiger partial charge in [-0.1, -0.05) is 11.6 Å². The molecule has 0 heterocycles. The van der Waals surface area contributed by atoms with Crippen LogP contribution in [0, 0.1) is 0 Å². The zero-order chi connectivity index (χ0) is 14.1. The second-order valence-electron chi connectivity index (χ2n) is 4.32. The average Bonchev–Trinajstić information content (AvgIpc) is 2.41. The van der Waals surface area contributed by atoms with Crippen molar-refractivity contribution in [3.05, 3.63) is 29.3 Å². The molecule has 0 atom stereocenters. The fourth-order valence-corrected chi connectivity index (χ4v) is 1.69. The number of nitrogens with zero attached hydrogens (tertiary/aromatic N) is 1. The predicted molar refractivity (Wildman–Crippen MR) is 85.0 cm³/mol. The monoisotopic (exact) mass is 320 g/mol. The van der Waals surface area contributed by atoms with E-state index in [9.17, 15) is 4.79 Å². The van der Waals surface area contributed by atoms with E-state index in [-0.39, 0.29) is 18.3 Å². The van der Waals surface area contributed by atoms with E-state index in [1.54, 1.807) is 24.1 Å². The van der Waals surface area contributed by atoms with Gasteiger partial charge in [0.1, 0.15) is 12.4 Å². The van der Waals surface area contributed by atoms with Crippen LogP contribution in [0.4, 0.5) is 0 Å². The Morgan fingerprint density at radius 2 is 2.00 bits per heavy atom. The molecule has 1 N–H and O–H groups in total. The Balaban J connectivity index is 0.00000361. The summed E-state index contributed by atoms with van der Waals surface area (Å²) >= 11 is 5.78. The second-order valence-corrected chi connectivity index (χ2v) is 4.76. The van der Waals surface area contributed by atoms with E-state index >= 15 is 0 Å². The summed E-state index contributed by atoms with van der Waals surface area (Å²) in [5.74, 6) is 0.912. The third-order valence-corrected chi connectivity index (χ3v) is 3.00. The van der Waals surface area contributed by atoms with Crippen LogP contribution in [-0.4, -0.2) is 44.6 Å².